The van der Waals surface area contributed by atoms with Gasteiger partial charge in [0.1, 0.15) is 12.4 Å². The largest absolute Gasteiger partial charge is 0.487 e. The van der Waals surface area contributed by atoms with Gasteiger partial charge in [0, 0.05) is 0 Å². The van der Waals surface area contributed by atoms with E-state index < -0.39 is 0 Å². The van der Waals surface area contributed by atoms with Gasteiger partial charge < -0.3 is 9.72 Å². The molecular formula is C14H13BrClNO2. The van der Waals surface area contributed by atoms with Crippen LogP contribution in [-0.2, 0) is 13.0 Å². The fourth-order valence-electron chi connectivity index (χ4n) is 1.64. The quantitative estimate of drug-likeness (QED) is 0.914. The van der Waals surface area contributed by atoms with Crippen LogP contribution in [0.2, 0.25) is 5.02 Å². The van der Waals surface area contributed by atoms with Gasteiger partial charge in [0.25, 0.3) is 5.56 Å². The van der Waals surface area contributed by atoms with Gasteiger partial charge in [-0.3, -0.25) is 4.79 Å². The molecule has 0 aliphatic carbocycles. The number of hydrogen-bond donors (Lipinski definition) is 1. The second kappa shape index (κ2) is 6.26. The lowest BCUT2D eigenvalue weighted by Gasteiger charge is -2.09. The predicted molar refractivity (Wildman–Crippen MR) is 79.9 cm³/mol. The van der Waals surface area contributed by atoms with Gasteiger partial charge in [0.15, 0.2) is 0 Å². The Morgan fingerprint density at radius 1 is 1.37 bits per heavy atom. The molecule has 0 amide bonds. The van der Waals surface area contributed by atoms with Gasteiger partial charge in [-0.15, -0.1) is 0 Å². The van der Waals surface area contributed by atoms with Crippen molar-refractivity contribution < 1.29 is 4.74 Å². The van der Waals surface area contributed by atoms with Gasteiger partial charge in [0.05, 0.1) is 15.2 Å². The number of ether oxygens (including phenoxy) is 1. The van der Waals surface area contributed by atoms with Crippen molar-refractivity contribution in [2.24, 2.45) is 0 Å². The Labute approximate surface area is 124 Å². The number of aromatic nitrogens is 1. The number of hydrogen-bond acceptors (Lipinski definition) is 2. The van der Waals surface area contributed by atoms with Crippen LogP contribution < -0.4 is 10.3 Å². The van der Waals surface area contributed by atoms with Crippen LogP contribution in [0.15, 0.2) is 39.6 Å². The van der Waals surface area contributed by atoms with Gasteiger partial charge in [-0.2, -0.15) is 0 Å². The highest BCUT2D eigenvalue weighted by Crippen LogP contribution is 2.19. The van der Waals surface area contributed by atoms with Crippen molar-refractivity contribution in [3.05, 3.63) is 61.4 Å². The summed E-state index contributed by atoms with van der Waals surface area (Å²) in [6.07, 6.45) is 0.951. The first kappa shape index (κ1) is 14.2. The maximum absolute atomic E-state index is 11.5. The molecule has 3 nitrogen and oxygen atoms in total. The lowest BCUT2D eigenvalue weighted by molar-refractivity contribution is 0.301. The maximum atomic E-state index is 11.5. The van der Waals surface area contributed by atoms with Crippen molar-refractivity contribution in [3.8, 4) is 5.75 Å². The molecule has 2 aromatic rings. The van der Waals surface area contributed by atoms with Crippen molar-refractivity contribution >= 4 is 27.5 Å². The Balaban J connectivity index is 2.14. The highest BCUT2D eigenvalue weighted by Gasteiger charge is 2.06. The number of rotatable bonds is 4. The molecule has 0 unspecified atom stereocenters. The Morgan fingerprint density at radius 3 is 2.89 bits per heavy atom. The van der Waals surface area contributed by atoms with Crippen LogP contribution in [0.4, 0.5) is 0 Å². The summed E-state index contributed by atoms with van der Waals surface area (Å²) in [6, 6.07) is 9.41. The Hall–Kier alpha value is -1.26. The molecule has 0 saturated heterocycles. The molecule has 19 heavy (non-hydrogen) atoms. The lowest BCUT2D eigenvalue weighted by Crippen LogP contribution is -2.11. The first-order valence-electron chi connectivity index (χ1n) is 5.89. The van der Waals surface area contributed by atoms with Gasteiger partial charge >= 0.3 is 0 Å². The molecule has 0 radical (unpaired) electrons. The van der Waals surface area contributed by atoms with Crippen LogP contribution in [0.5, 0.6) is 5.75 Å². The zero-order valence-electron chi connectivity index (χ0n) is 10.4. The van der Waals surface area contributed by atoms with E-state index >= 15 is 0 Å². The van der Waals surface area contributed by atoms with Crippen LogP contribution in [0.25, 0.3) is 0 Å². The third kappa shape index (κ3) is 3.61. The van der Waals surface area contributed by atoms with E-state index in [-0.39, 0.29) is 12.2 Å². The molecule has 1 heterocycles. The van der Waals surface area contributed by atoms with E-state index in [1.54, 1.807) is 6.07 Å². The summed E-state index contributed by atoms with van der Waals surface area (Å²) in [6.45, 7) is 2.32. The van der Waals surface area contributed by atoms with E-state index in [2.05, 4.69) is 27.8 Å². The van der Waals surface area contributed by atoms with Gasteiger partial charge in [0.2, 0.25) is 0 Å². The van der Waals surface area contributed by atoms with Crippen molar-refractivity contribution in [1.82, 2.24) is 4.98 Å². The molecule has 0 aliphatic heterocycles. The number of benzene rings is 1. The van der Waals surface area contributed by atoms with Crippen LogP contribution in [0.3, 0.4) is 0 Å². The van der Waals surface area contributed by atoms with Crippen molar-refractivity contribution in [2.45, 2.75) is 20.0 Å². The summed E-state index contributed by atoms with van der Waals surface area (Å²) in [5.74, 6) is 0.763. The third-order valence-electron chi connectivity index (χ3n) is 2.71. The molecule has 0 spiro atoms. The monoisotopic (exact) mass is 341 g/mol. The molecule has 0 bridgehead atoms. The third-order valence-corrected chi connectivity index (χ3v) is 3.64. The maximum Gasteiger partial charge on any atom is 0.262 e. The lowest BCUT2D eigenvalue weighted by atomic mass is 10.2. The molecule has 5 heteroatoms. The smallest absolute Gasteiger partial charge is 0.262 e. The molecular weight excluding hydrogens is 330 g/mol. The normalized spacial score (nSPS) is 10.5. The summed E-state index contributed by atoms with van der Waals surface area (Å²) in [7, 11) is 0. The fraction of sp³-hybridized carbons (Fsp3) is 0.214. The topological polar surface area (TPSA) is 42.1 Å². The Bertz CT molecular complexity index is 640. The number of aromatic amines is 1. The molecule has 0 saturated carbocycles. The SMILES string of the molecule is CCc1cccc(OCc2[nH]c(=O)c(Br)cc2Cl)c1. The van der Waals surface area contributed by atoms with Crippen molar-refractivity contribution in [1.29, 1.82) is 0 Å². The summed E-state index contributed by atoms with van der Waals surface area (Å²) in [5.41, 5.74) is 1.55. The fourth-order valence-corrected chi connectivity index (χ4v) is 2.31. The minimum atomic E-state index is -0.217. The van der Waals surface area contributed by atoms with Crippen LogP contribution in [0, 0.1) is 0 Å². The van der Waals surface area contributed by atoms with E-state index in [0.29, 0.717) is 15.2 Å². The average Bonchev–Trinajstić information content (AvgIpc) is 2.41. The van der Waals surface area contributed by atoms with Crippen molar-refractivity contribution in [2.75, 3.05) is 0 Å². The van der Waals surface area contributed by atoms with E-state index in [1.807, 2.05) is 24.3 Å². The minimum absolute atomic E-state index is 0.217. The van der Waals surface area contributed by atoms with E-state index in [4.69, 9.17) is 16.3 Å². The predicted octanol–water partition coefficient (Wildman–Crippen LogP) is 3.93. The molecule has 100 valence electrons. The van der Waals surface area contributed by atoms with Crippen LogP contribution in [-0.4, -0.2) is 4.98 Å². The summed E-state index contributed by atoms with van der Waals surface area (Å²) >= 11 is 9.17. The standard InChI is InChI=1S/C14H13BrClNO2/c1-2-9-4-3-5-10(6-9)19-8-13-12(16)7-11(15)14(18)17-13/h3-7H,2,8H2,1H3,(H,17,18). The molecule has 1 aromatic carbocycles. The zero-order valence-corrected chi connectivity index (χ0v) is 12.7. The first-order valence-corrected chi connectivity index (χ1v) is 7.06. The van der Waals surface area contributed by atoms with Crippen molar-refractivity contribution in [3.63, 3.8) is 0 Å². The minimum Gasteiger partial charge on any atom is -0.487 e. The number of pyridine rings is 1. The van der Waals surface area contributed by atoms with E-state index in [0.717, 1.165) is 12.2 Å². The van der Waals surface area contributed by atoms with Gasteiger partial charge in [-0.05, 0) is 46.1 Å². The zero-order chi connectivity index (χ0) is 13.8. The van der Waals surface area contributed by atoms with Gasteiger partial charge in [-0.1, -0.05) is 30.7 Å². The molecule has 1 aromatic heterocycles. The van der Waals surface area contributed by atoms with E-state index in [9.17, 15) is 4.79 Å². The summed E-state index contributed by atoms with van der Waals surface area (Å²) in [5, 5.41) is 0.470. The number of nitrogens with one attached hydrogen (secondary N) is 1. The molecule has 1 N–H and O–H groups in total. The Kier molecular flexibility index (Phi) is 4.66. The van der Waals surface area contributed by atoms with E-state index in [1.165, 1.54) is 5.56 Å². The first-order chi connectivity index (χ1) is 9.10. The molecule has 0 fully saturated rings. The second-order valence-corrected chi connectivity index (χ2v) is 5.32. The molecule has 0 atom stereocenters. The van der Waals surface area contributed by atoms with Crippen LogP contribution >= 0.6 is 27.5 Å². The molecule has 2 rings (SSSR count). The number of H-pyrrole nitrogens is 1. The Morgan fingerprint density at radius 2 is 2.16 bits per heavy atom. The summed E-state index contributed by atoms with van der Waals surface area (Å²) < 4.78 is 6.05. The highest BCUT2D eigenvalue weighted by atomic mass is 79.9. The van der Waals surface area contributed by atoms with Crippen LogP contribution in [0.1, 0.15) is 18.2 Å². The number of aryl methyl sites for hydroxylation is 1. The second-order valence-electron chi connectivity index (χ2n) is 4.06. The highest BCUT2D eigenvalue weighted by molar-refractivity contribution is 9.10. The molecule has 0 aliphatic rings. The van der Waals surface area contributed by atoms with Gasteiger partial charge in [-0.25, -0.2) is 0 Å². The number of halogens is 2. The average molecular weight is 343 g/mol. The summed E-state index contributed by atoms with van der Waals surface area (Å²) in [4.78, 5) is 14.2.